The molecule has 0 aliphatic rings. The molecule has 10 heavy (non-hydrogen) atoms. The van der Waals surface area contributed by atoms with E-state index in [1.165, 1.54) is 6.08 Å². The molecule has 0 aliphatic carbocycles. The second-order valence-corrected chi connectivity index (χ2v) is 1.71. The second-order valence-electron chi connectivity index (χ2n) is 1.71. The van der Waals surface area contributed by atoms with Crippen LogP contribution in [0.2, 0.25) is 0 Å². The topological polar surface area (TPSA) is 55.5 Å². The van der Waals surface area contributed by atoms with Crippen molar-refractivity contribution < 1.29 is 9.32 Å². The highest BCUT2D eigenvalue weighted by molar-refractivity contribution is 5.43. The third-order valence-corrected chi connectivity index (χ3v) is 1.06. The fourth-order valence-electron chi connectivity index (χ4n) is 0.568. The molecule has 0 fully saturated rings. The number of nitrogens with zero attached hydrogens (tertiary/aromatic N) is 2. The van der Waals surface area contributed by atoms with Gasteiger partial charge in [-0.3, -0.25) is 0 Å². The van der Waals surface area contributed by atoms with Crippen LogP contribution in [0.4, 0.5) is 5.82 Å². The maximum atomic E-state index is 9.70. The summed E-state index contributed by atoms with van der Waals surface area (Å²) in [7, 11) is 0. The zero-order valence-electron chi connectivity index (χ0n) is 5.50. The summed E-state index contributed by atoms with van der Waals surface area (Å²) in [6, 6.07) is 1.60. The molecule has 0 aliphatic heterocycles. The zero-order chi connectivity index (χ0) is 7.40. The van der Waals surface area contributed by atoms with E-state index in [0.29, 0.717) is 5.76 Å². The van der Waals surface area contributed by atoms with Crippen LogP contribution in [0.3, 0.4) is 0 Å². The lowest BCUT2D eigenvalue weighted by atomic mass is 10.4. The van der Waals surface area contributed by atoms with Gasteiger partial charge in [0, 0.05) is 12.5 Å². The number of hydrogen-bond donors (Lipinski definition) is 0. The summed E-state index contributed by atoms with van der Waals surface area (Å²) in [5.41, 5.74) is 0. The Bertz CT molecular complexity index is 260. The molecule has 0 radical (unpaired) electrons. The normalized spacial score (nSPS) is 8.90. The van der Waals surface area contributed by atoms with Crippen molar-refractivity contribution in [3.63, 3.8) is 0 Å². The largest absolute Gasteiger partial charge is 0.359 e. The van der Waals surface area contributed by atoms with Gasteiger partial charge in [-0.2, -0.15) is 0 Å². The van der Waals surface area contributed by atoms with Gasteiger partial charge in [-0.05, 0) is 0 Å². The molecule has 1 aromatic rings. The van der Waals surface area contributed by atoms with Crippen LogP contribution in [0, 0.1) is 0 Å². The van der Waals surface area contributed by atoms with Crippen LogP contribution in [-0.2, 0) is 11.2 Å². The minimum Gasteiger partial charge on any atom is -0.359 e. The minimum absolute atomic E-state index is 0.284. The monoisotopic (exact) mass is 138 g/mol. The summed E-state index contributed by atoms with van der Waals surface area (Å²) in [6.45, 7) is 1.93. The Labute approximate surface area is 57.5 Å². The maximum absolute atomic E-state index is 9.70. The van der Waals surface area contributed by atoms with Crippen molar-refractivity contribution in [2.45, 2.75) is 13.3 Å². The Morgan fingerprint density at radius 2 is 2.70 bits per heavy atom. The predicted octanol–water partition coefficient (Wildman–Crippen LogP) is 1.20. The van der Waals surface area contributed by atoms with Gasteiger partial charge < -0.3 is 4.52 Å². The summed E-state index contributed by atoms with van der Waals surface area (Å²) in [4.78, 5) is 13.0. The van der Waals surface area contributed by atoms with Crippen molar-refractivity contribution >= 4 is 11.9 Å². The van der Waals surface area contributed by atoms with Gasteiger partial charge in [0.15, 0.2) is 0 Å². The number of aliphatic imine (C=N–C) groups is 1. The van der Waals surface area contributed by atoms with E-state index in [4.69, 9.17) is 4.52 Å². The Morgan fingerprint density at radius 1 is 1.90 bits per heavy atom. The number of aromatic nitrogens is 1. The van der Waals surface area contributed by atoms with E-state index in [1.807, 2.05) is 6.92 Å². The zero-order valence-corrected chi connectivity index (χ0v) is 5.50. The lowest BCUT2D eigenvalue weighted by Crippen LogP contribution is -1.67. The molecule has 1 aromatic heterocycles. The van der Waals surface area contributed by atoms with Crippen LogP contribution in [0.1, 0.15) is 12.7 Å². The predicted molar refractivity (Wildman–Crippen MR) is 33.7 cm³/mol. The minimum atomic E-state index is 0.284. The van der Waals surface area contributed by atoms with Crippen molar-refractivity contribution in [3.05, 3.63) is 11.8 Å². The summed E-state index contributed by atoms with van der Waals surface area (Å²) in [6.07, 6.45) is 2.13. The number of hydrogen-bond acceptors (Lipinski definition) is 4. The van der Waals surface area contributed by atoms with E-state index in [2.05, 4.69) is 10.1 Å². The fraction of sp³-hybridized carbons (Fsp3) is 0.333. The summed E-state index contributed by atoms with van der Waals surface area (Å²) in [5, 5.41) is 3.47. The molecule has 0 atom stereocenters. The molecule has 1 heterocycles. The quantitative estimate of drug-likeness (QED) is 0.455. The van der Waals surface area contributed by atoms with Crippen molar-refractivity contribution in [1.82, 2.24) is 5.16 Å². The van der Waals surface area contributed by atoms with Gasteiger partial charge in [0.25, 0.3) is 0 Å². The highest BCUT2D eigenvalue weighted by Gasteiger charge is 1.98. The number of carbonyl (C=O) groups excluding carboxylic acids is 1. The molecule has 0 N–H and O–H groups in total. The third-order valence-electron chi connectivity index (χ3n) is 1.06. The average molecular weight is 138 g/mol. The van der Waals surface area contributed by atoms with E-state index < -0.39 is 0 Å². The van der Waals surface area contributed by atoms with Crippen LogP contribution in [-0.4, -0.2) is 11.2 Å². The van der Waals surface area contributed by atoms with Crippen LogP contribution in [0.25, 0.3) is 0 Å². The molecule has 0 unspecified atom stereocenters. The molecule has 0 saturated carbocycles. The number of isocyanates is 1. The van der Waals surface area contributed by atoms with Crippen molar-refractivity contribution in [3.8, 4) is 0 Å². The standard InChI is InChI=1S/C6H6N2O2/c1-2-5-3-6(7-4-9)8-10-5/h3H,2H2,1H3. The molecule has 4 heteroatoms. The molecular weight excluding hydrogens is 132 g/mol. The average Bonchev–Trinajstić information content (AvgIpc) is 2.37. The van der Waals surface area contributed by atoms with Crippen LogP contribution >= 0.6 is 0 Å². The second kappa shape index (κ2) is 2.94. The third kappa shape index (κ3) is 1.30. The lowest BCUT2D eigenvalue weighted by Gasteiger charge is -1.76. The Kier molecular flexibility index (Phi) is 1.97. The van der Waals surface area contributed by atoms with E-state index >= 15 is 0 Å². The smallest absolute Gasteiger partial charge is 0.242 e. The van der Waals surface area contributed by atoms with E-state index in [-0.39, 0.29) is 5.82 Å². The summed E-state index contributed by atoms with van der Waals surface area (Å²) >= 11 is 0. The van der Waals surface area contributed by atoms with Gasteiger partial charge in [0.05, 0.1) is 0 Å². The molecule has 0 saturated heterocycles. The van der Waals surface area contributed by atoms with Crippen molar-refractivity contribution in [1.29, 1.82) is 0 Å². The van der Waals surface area contributed by atoms with Gasteiger partial charge in [0.1, 0.15) is 5.76 Å². The highest BCUT2D eigenvalue weighted by Crippen LogP contribution is 2.10. The Balaban J connectivity index is 2.87. The first-order chi connectivity index (χ1) is 4.86. The SMILES string of the molecule is CCc1cc(N=C=O)no1. The van der Waals surface area contributed by atoms with E-state index in [1.54, 1.807) is 6.07 Å². The fourth-order valence-corrected chi connectivity index (χ4v) is 0.568. The Morgan fingerprint density at radius 3 is 3.20 bits per heavy atom. The molecule has 0 aromatic carbocycles. The number of rotatable bonds is 2. The summed E-state index contributed by atoms with van der Waals surface area (Å²) < 4.78 is 4.74. The number of aryl methyl sites for hydroxylation is 1. The summed E-state index contributed by atoms with van der Waals surface area (Å²) in [5.74, 6) is 1.00. The van der Waals surface area contributed by atoms with Gasteiger partial charge >= 0.3 is 0 Å². The van der Waals surface area contributed by atoms with Gasteiger partial charge in [-0.15, -0.1) is 4.99 Å². The molecule has 0 bridgehead atoms. The molecule has 0 spiro atoms. The van der Waals surface area contributed by atoms with Crippen molar-refractivity contribution in [2.24, 2.45) is 4.99 Å². The highest BCUT2D eigenvalue weighted by atomic mass is 16.5. The van der Waals surface area contributed by atoms with E-state index in [0.717, 1.165) is 6.42 Å². The Hall–Kier alpha value is -1.41. The molecule has 1 rings (SSSR count). The van der Waals surface area contributed by atoms with Crippen molar-refractivity contribution in [2.75, 3.05) is 0 Å². The van der Waals surface area contributed by atoms with Crippen LogP contribution in [0.5, 0.6) is 0 Å². The first-order valence-electron chi connectivity index (χ1n) is 2.90. The molecule has 4 nitrogen and oxygen atoms in total. The van der Waals surface area contributed by atoms with Gasteiger partial charge in [0.2, 0.25) is 11.9 Å². The van der Waals surface area contributed by atoms with Gasteiger partial charge in [-0.1, -0.05) is 12.1 Å². The molecular formula is C6H6N2O2. The van der Waals surface area contributed by atoms with Crippen LogP contribution < -0.4 is 0 Å². The lowest BCUT2D eigenvalue weighted by molar-refractivity contribution is 0.388. The maximum Gasteiger partial charge on any atom is 0.242 e. The molecule has 52 valence electrons. The van der Waals surface area contributed by atoms with Crippen LogP contribution in [0.15, 0.2) is 15.6 Å². The molecule has 0 amide bonds. The first kappa shape index (κ1) is 6.71. The van der Waals surface area contributed by atoms with Gasteiger partial charge in [-0.25, -0.2) is 4.79 Å². The first-order valence-corrected chi connectivity index (χ1v) is 2.90. The van der Waals surface area contributed by atoms with E-state index in [9.17, 15) is 4.79 Å².